The molecule has 2 heterocycles. The summed E-state index contributed by atoms with van der Waals surface area (Å²) >= 11 is 6.21. The van der Waals surface area contributed by atoms with Gasteiger partial charge < -0.3 is 0 Å². The molecule has 0 bridgehead atoms. The monoisotopic (exact) mass is 240 g/mol. The molecule has 3 rings (SSSR count). The van der Waals surface area contributed by atoms with E-state index in [2.05, 4.69) is 9.97 Å². The maximum absolute atomic E-state index is 6.21. The van der Waals surface area contributed by atoms with E-state index in [-0.39, 0.29) is 0 Å². The van der Waals surface area contributed by atoms with Gasteiger partial charge in [-0.15, -0.1) is 0 Å². The van der Waals surface area contributed by atoms with Crippen molar-refractivity contribution in [2.24, 2.45) is 0 Å². The van der Waals surface area contributed by atoms with E-state index in [1.165, 1.54) is 0 Å². The topological polar surface area (TPSA) is 25.8 Å². The lowest BCUT2D eigenvalue weighted by atomic mass is 10.1. The zero-order valence-electron chi connectivity index (χ0n) is 8.97. The standard InChI is InChI=1S/C14H9ClN2/c15-14-12(10-4-2-1-3-5-10)8-11-9-16-7-6-13(11)17-14/h1-9H. The van der Waals surface area contributed by atoms with Gasteiger partial charge in [-0.25, -0.2) is 4.98 Å². The number of halogens is 1. The highest BCUT2D eigenvalue weighted by atomic mass is 35.5. The van der Waals surface area contributed by atoms with Crippen LogP contribution in [0.4, 0.5) is 0 Å². The van der Waals surface area contributed by atoms with Crippen LogP contribution in [0, 0.1) is 0 Å². The molecule has 0 unspecified atom stereocenters. The lowest BCUT2D eigenvalue weighted by Gasteiger charge is -2.05. The summed E-state index contributed by atoms with van der Waals surface area (Å²) < 4.78 is 0. The number of fused-ring (bicyclic) bond motifs is 1. The Balaban J connectivity index is 2.27. The van der Waals surface area contributed by atoms with Gasteiger partial charge in [-0.2, -0.15) is 0 Å². The average molecular weight is 241 g/mol. The highest BCUT2D eigenvalue weighted by Gasteiger charge is 2.06. The first-order valence-electron chi connectivity index (χ1n) is 5.30. The largest absolute Gasteiger partial charge is 0.264 e. The number of rotatable bonds is 1. The van der Waals surface area contributed by atoms with Crippen molar-refractivity contribution < 1.29 is 0 Å². The first-order chi connectivity index (χ1) is 8.34. The summed E-state index contributed by atoms with van der Waals surface area (Å²) in [5.41, 5.74) is 2.87. The average Bonchev–Trinajstić information content (AvgIpc) is 2.39. The number of nitrogens with zero attached hydrogens (tertiary/aromatic N) is 2. The molecule has 1 aromatic carbocycles. The van der Waals surface area contributed by atoms with E-state index >= 15 is 0 Å². The van der Waals surface area contributed by atoms with Crippen molar-refractivity contribution in [3.05, 3.63) is 60.0 Å². The van der Waals surface area contributed by atoms with Gasteiger partial charge in [0, 0.05) is 23.3 Å². The Hall–Kier alpha value is -1.93. The van der Waals surface area contributed by atoms with Crippen LogP contribution in [0.3, 0.4) is 0 Å². The number of aromatic nitrogens is 2. The Labute approximate surface area is 104 Å². The number of hydrogen-bond donors (Lipinski definition) is 0. The second kappa shape index (κ2) is 4.15. The SMILES string of the molecule is Clc1nc2ccncc2cc1-c1ccccc1. The van der Waals surface area contributed by atoms with Gasteiger partial charge in [-0.1, -0.05) is 41.9 Å². The van der Waals surface area contributed by atoms with Crippen molar-refractivity contribution in [3.8, 4) is 11.1 Å². The Bertz CT molecular complexity index is 665. The molecule has 17 heavy (non-hydrogen) atoms. The van der Waals surface area contributed by atoms with E-state index in [9.17, 15) is 0 Å². The second-order valence-electron chi connectivity index (χ2n) is 3.76. The minimum absolute atomic E-state index is 0.523. The molecule has 0 amide bonds. The fourth-order valence-electron chi connectivity index (χ4n) is 1.81. The molecule has 0 aliphatic rings. The maximum atomic E-state index is 6.21. The summed E-state index contributed by atoms with van der Waals surface area (Å²) in [6.45, 7) is 0. The van der Waals surface area contributed by atoms with E-state index in [0.29, 0.717) is 5.15 Å². The molecule has 0 saturated heterocycles. The normalized spacial score (nSPS) is 10.6. The van der Waals surface area contributed by atoms with Crippen molar-refractivity contribution >= 4 is 22.5 Å². The van der Waals surface area contributed by atoms with Crippen LogP contribution in [-0.4, -0.2) is 9.97 Å². The molecule has 0 radical (unpaired) electrons. The van der Waals surface area contributed by atoms with Crippen LogP contribution in [-0.2, 0) is 0 Å². The third-order valence-electron chi connectivity index (χ3n) is 2.65. The van der Waals surface area contributed by atoms with Gasteiger partial charge in [0.05, 0.1) is 5.52 Å². The Morgan fingerprint density at radius 1 is 1.00 bits per heavy atom. The van der Waals surface area contributed by atoms with Gasteiger partial charge in [0.1, 0.15) is 5.15 Å². The van der Waals surface area contributed by atoms with Gasteiger partial charge in [0.15, 0.2) is 0 Å². The van der Waals surface area contributed by atoms with Gasteiger partial charge in [0.25, 0.3) is 0 Å². The van der Waals surface area contributed by atoms with Crippen LogP contribution >= 0.6 is 11.6 Å². The zero-order chi connectivity index (χ0) is 11.7. The quantitative estimate of drug-likeness (QED) is 0.602. The molecule has 3 heteroatoms. The molecule has 2 aromatic heterocycles. The van der Waals surface area contributed by atoms with Gasteiger partial charge in [-0.3, -0.25) is 4.98 Å². The molecule has 82 valence electrons. The fourth-order valence-corrected chi connectivity index (χ4v) is 2.07. The summed E-state index contributed by atoms with van der Waals surface area (Å²) in [5, 5.41) is 1.52. The third-order valence-corrected chi connectivity index (χ3v) is 2.94. The highest BCUT2D eigenvalue weighted by Crippen LogP contribution is 2.29. The summed E-state index contributed by atoms with van der Waals surface area (Å²) in [5.74, 6) is 0. The van der Waals surface area contributed by atoms with Crippen LogP contribution in [0.25, 0.3) is 22.0 Å². The number of pyridine rings is 2. The zero-order valence-corrected chi connectivity index (χ0v) is 9.72. The first-order valence-corrected chi connectivity index (χ1v) is 5.68. The summed E-state index contributed by atoms with van der Waals surface area (Å²) in [4.78, 5) is 8.47. The molecule has 0 aliphatic heterocycles. The second-order valence-corrected chi connectivity index (χ2v) is 4.12. The lowest BCUT2D eigenvalue weighted by molar-refractivity contribution is 1.32. The van der Waals surface area contributed by atoms with Crippen molar-refractivity contribution in [3.63, 3.8) is 0 Å². The molecule has 2 nitrogen and oxygen atoms in total. The highest BCUT2D eigenvalue weighted by molar-refractivity contribution is 6.32. The van der Waals surface area contributed by atoms with Crippen molar-refractivity contribution in [2.45, 2.75) is 0 Å². The summed E-state index contributed by atoms with van der Waals surface area (Å²) in [6, 6.07) is 13.9. The molecule has 0 saturated carbocycles. The Morgan fingerprint density at radius 2 is 1.82 bits per heavy atom. The first kappa shape index (κ1) is 10.2. The van der Waals surface area contributed by atoms with Crippen molar-refractivity contribution in [1.82, 2.24) is 9.97 Å². The third kappa shape index (κ3) is 1.87. The van der Waals surface area contributed by atoms with Gasteiger partial charge >= 0.3 is 0 Å². The minimum atomic E-state index is 0.523. The Morgan fingerprint density at radius 3 is 2.65 bits per heavy atom. The maximum Gasteiger partial charge on any atom is 0.137 e. The number of benzene rings is 1. The van der Waals surface area contributed by atoms with E-state index in [1.54, 1.807) is 12.4 Å². The van der Waals surface area contributed by atoms with Crippen LogP contribution in [0.2, 0.25) is 5.15 Å². The van der Waals surface area contributed by atoms with Crippen molar-refractivity contribution in [2.75, 3.05) is 0 Å². The van der Waals surface area contributed by atoms with E-state index in [0.717, 1.165) is 22.0 Å². The van der Waals surface area contributed by atoms with Gasteiger partial charge in [0.2, 0.25) is 0 Å². The number of hydrogen-bond acceptors (Lipinski definition) is 2. The molecular weight excluding hydrogens is 232 g/mol. The van der Waals surface area contributed by atoms with Gasteiger partial charge in [-0.05, 0) is 17.7 Å². The van der Waals surface area contributed by atoms with E-state index in [1.807, 2.05) is 42.5 Å². The predicted molar refractivity (Wildman–Crippen MR) is 70.0 cm³/mol. The molecule has 3 aromatic rings. The van der Waals surface area contributed by atoms with Crippen LogP contribution in [0.1, 0.15) is 0 Å². The minimum Gasteiger partial charge on any atom is -0.264 e. The molecular formula is C14H9ClN2. The molecule has 0 N–H and O–H groups in total. The molecule has 0 fully saturated rings. The molecule has 0 spiro atoms. The summed E-state index contributed by atoms with van der Waals surface area (Å²) in [7, 11) is 0. The Kier molecular flexibility index (Phi) is 2.50. The summed E-state index contributed by atoms with van der Waals surface area (Å²) in [6.07, 6.45) is 3.51. The fraction of sp³-hybridized carbons (Fsp3) is 0. The van der Waals surface area contributed by atoms with Crippen LogP contribution in [0.15, 0.2) is 54.9 Å². The predicted octanol–water partition coefficient (Wildman–Crippen LogP) is 3.95. The van der Waals surface area contributed by atoms with Crippen LogP contribution in [0.5, 0.6) is 0 Å². The van der Waals surface area contributed by atoms with E-state index < -0.39 is 0 Å². The van der Waals surface area contributed by atoms with Crippen LogP contribution < -0.4 is 0 Å². The van der Waals surface area contributed by atoms with E-state index in [4.69, 9.17) is 11.6 Å². The smallest absolute Gasteiger partial charge is 0.137 e. The van der Waals surface area contributed by atoms with Crippen molar-refractivity contribution in [1.29, 1.82) is 0 Å². The lowest BCUT2D eigenvalue weighted by Crippen LogP contribution is -1.86. The molecule has 0 atom stereocenters. The molecule has 0 aliphatic carbocycles.